The predicted molar refractivity (Wildman–Crippen MR) is 159 cm³/mol. The van der Waals surface area contributed by atoms with Crippen LogP contribution >= 0.6 is 0 Å². The lowest BCUT2D eigenvalue weighted by atomic mass is 9.86. The molecule has 1 aliphatic carbocycles. The maximum Gasteiger partial charge on any atom is 0.253 e. The quantitative estimate of drug-likeness (QED) is 0.167. The molecule has 0 aromatic carbocycles. The molecule has 206 valence electrons. The molecule has 1 heterocycles. The fourth-order valence-corrected chi connectivity index (χ4v) is 4.37. The lowest BCUT2D eigenvalue weighted by Crippen LogP contribution is -2.39. The molecule has 1 aliphatic rings. The number of pyridine rings is 1. The van der Waals surface area contributed by atoms with Crippen molar-refractivity contribution in [2.24, 2.45) is 5.92 Å². The maximum atomic E-state index is 12.3. The van der Waals surface area contributed by atoms with Crippen LogP contribution in [0.5, 0.6) is 0 Å². The molecule has 5 heteroatoms. The third kappa shape index (κ3) is 15.1. The van der Waals surface area contributed by atoms with E-state index >= 15 is 0 Å². The molecule has 38 heavy (non-hydrogen) atoms. The van der Waals surface area contributed by atoms with Gasteiger partial charge in [-0.3, -0.25) is 14.6 Å². The van der Waals surface area contributed by atoms with E-state index in [2.05, 4.69) is 83.3 Å². The molecule has 5 nitrogen and oxygen atoms in total. The summed E-state index contributed by atoms with van der Waals surface area (Å²) in [4.78, 5) is 28.5. The van der Waals surface area contributed by atoms with Gasteiger partial charge in [-0.1, -0.05) is 67.7 Å². The van der Waals surface area contributed by atoms with Crippen LogP contribution in [0.4, 0.5) is 0 Å². The molecule has 0 saturated heterocycles. The first-order valence-corrected chi connectivity index (χ1v) is 14.4. The number of nitrogens with one attached hydrogen (secondary N) is 2. The van der Waals surface area contributed by atoms with E-state index in [9.17, 15) is 9.59 Å². The average molecular weight is 518 g/mol. The standard InChI is InChI=1S/C33H47N3O2/c1-2-3-4-5-6-7-8-9-10-11-12-13-14-15-16-17-18-21-32(37)35-27-29-22-24-31(25-23-29)36-33(38)30-20-19-26-34-28-30/h3-4,6-7,9-10,12-13,15-16,19-20,26,28-29,31H,2,5,8,11,14,17-18,21-25,27H2,1H3,(H,35,37)(H,36,38). The smallest absolute Gasteiger partial charge is 0.253 e. The van der Waals surface area contributed by atoms with Crippen molar-refractivity contribution in [3.63, 3.8) is 0 Å². The largest absolute Gasteiger partial charge is 0.356 e. The fourth-order valence-electron chi connectivity index (χ4n) is 4.37. The van der Waals surface area contributed by atoms with E-state index in [4.69, 9.17) is 0 Å². The monoisotopic (exact) mass is 517 g/mol. The molecule has 0 unspecified atom stereocenters. The van der Waals surface area contributed by atoms with Crippen molar-refractivity contribution >= 4 is 11.8 Å². The molecule has 1 aromatic rings. The Bertz CT molecular complexity index is 923. The van der Waals surface area contributed by atoms with E-state index in [0.717, 1.165) is 77.2 Å². The highest BCUT2D eigenvalue weighted by molar-refractivity contribution is 5.94. The Morgan fingerprint density at radius 1 is 0.868 bits per heavy atom. The van der Waals surface area contributed by atoms with Crippen LogP contribution in [0.1, 0.15) is 94.3 Å². The zero-order valence-corrected chi connectivity index (χ0v) is 23.2. The van der Waals surface area contributed by atoms with Gasteiger partial charge in [-0.25, -0.2) is 0 Å². The van der Waals surface area contributed by atoms with Gasteiger partial charge in [-0.2, -0.15) is 0 Å². The molecule has 0 atom stereocenters. The summed E-state index contributed by atoms with van der Waals surface area (Å²) in [5, 5.41) is 6.22. The van der Waals surface area contributed by atoms with Crippen molar-refractivity contribution in [3.8, 4) is 0 Å². The van der Waals surface area contributed by atoms with Crippen LogP contribution in [0.3, 0.4) is 0 Å². The number of allylic oxidation sites excluding steroid dienone is 10. The number of hydrogen-bond donors (Lipinski definition) is 2. The summed E-state index contributed by atoms with van der Waals surface area (Å²) < 4.78 is 0. The first kappa shape index (κ1) is 31.0. The zero-order chi connectivity index (χ0) is 27.1. The van der Waals surface area contributed by atoms with E-state index in [1.54, 1.807) is 24.5 Å². The van der Waals surface area contributed by atoms with Crippen LogP contribution in [-0.2, 0) is 4.79 Å². The Balaban J connectivity index is 1.43. The molecule has 2 amide bonds. The Hall–Kier alpha value is -3.21. The third-order valence-corrected chi connectivity index (χ3v) is 6.63. The second-order valence-electron chi connectivity index (χ2n) is 9.84. The second-order valence-corrected chi connectivity index (χ2v) is 9.84. The van der Waals surface area contributed by atoms with Crippen molar-refractivity contribution in [1.82, 2.24) is 15.6 Å². The number of carbonyl (C=O) groups is 2. The summed E-state index contributed by atoms with van der Waals surface area (Å²) in [5.41, 5.74) is 0.603. The Kier molecular flexibility index (Phi) is 17.0. The van der Waals surface area contributed by atoms with Gasteiger partial charge >= 0.3 is 0 Å². The van der Waals surface area contributed by atoms with Gasteiger partial charge in [0.2, 0.25) is 5.91 Å². The first-order valence-electron chi connectivity index (χ1n) is 14.4. The number of nitrogens with zero attached hydrogens (tertiary/aromatic N) is 1. The molecular weight excluding hydrogens is 470 g/mol. The fraction of sp³-hybridized carbons (Fsp3) is 0.485. The van der Waals surface area contributed by atoms with Crippen LogP contribution < -0.4 is 10.6 Å². The molecule has 0 radical (unpaired) electrons. The summed E-state index contributed by atoms with van der Waals surface area (Å²) in [5.74, 6) is 0.586. The molecule has 2 rings (SSSR count). The highest BCUT2D eigenvalue weighted by Gasteiger charge is 2.23. The van der Waals surface area contributed by atoms with Crippen molar-refractivity contribution in [1.29, 1.82) is 0 Å². The molecule has 1 saturated carbocycles. The van der Waals surface area contributed by atoms with Crippen LogP contribution in [0.2, 0.25) is 0 Å². The first-order chi connectivity index (χ1) is 18.7. The van der Waals surface area contributed by atoms with Crippen molar-refractivity contribution < 1.29 is 9.59 Å². The Morgan fingerprint density at radius 2 is 1.47 bits per heavy atom. The molecule has 0 aliphatic heterocycles. The predicted octanol–water partition coefficient (Wildman–Crippen LogP) is 7.41. The van der Waals surface area contributed by atoms with E-state index < -0.39 is 0 Å². The number of carbonyl (C=O) groups excluding carboxylic acids is 2. The lowest BCUT2D eigenvalue weighted by Gasteiger charge is -2.29. The van der Waals surface area contributed by atoms with E-state index in [1.807, 2.05) is 0 Å². The summed E-state index contributed by atoms with van der Waals surface area (Å²) in [6.07, 6.45) is 36.6. The lowest BCUT2D eigenvalue weighted by molar-refractivity contribution is -0.121. The van der Waals surface area contributed by atoms with E-state index in [-0.39, 0.29) is 17.9 Å². The van der Waals surface area contributed by atoms with Crippen molar-refractivity contribution in [3.05, 3.63) is 90.9 Å². The minimum absolute atomic E-state index is 0.0534. The minimum Gasteiger partial charge on any atom is -0.356 e. The highest BCUT2D eigenvalue weighted by atomic mass is 16.2. The van der Waals surface area contributed by atoms with Crippen LogP contribution in [0, 0.1) is 5.92 Å². The van der Waals surface area contributed by atoms with Gasteiger partial charge in [0.25, 0.3) is 5.91 Å². The second kappa shape index (κ2) is 20.8. The van der Waals surface area contributed by atoms with Crippen LogP contribution in [0.15, 0.2) is 85.3 Å². The molecular formula is C33H47N3O2. The Labute approximate surface area is 230 Å². The van der Waals surface area contributed by atoms with Gasteiger partial charge in [-0.15, -0.1) is 0 Å². The number of rotatable bonds is 17. The van der Waals surface area contributed by atoms with Crippen molar-refractivity contribution in [2.45, 2.75) is 90.0 Å². The van der Waals surface area contributed by atoms with Crippen molar-refractivity contribution in [2.75, 3.05) is 6.54 Å². The van der Waals surface area contributed by atoms with E-state index in [1.165, 1.54) is 0 Å². The molecule has 0 spiro atoms. The van der Waals surface area contributed by atoms with Gasteiger partial charge in [0.15, 0.2) is 0 Å². The minimum atomic E-state index is -0.0534. The molecule has 1 fully saturated rings. The summed E-state index contributed by atoms with van der Waals surface area (Å²) in [6.45, 7) is 2.89. The summed E-state index contributed by atoms with van der Waals surface area (Å²) in [7, 11) is 0. The molecule has 2 N–H and O–H groups in total. The van der Waals surface area contributed by atoms with Crippen LogP contribution in [-0.4, -0.2) is 29.4 Å². The SMILES string of the molecule is CCC=CCC=CCC=CCC=CCC=CCCCC(=O)NCC1CCC(NC(=O)c2cccnc2)CC1. The highest BCUT2D eigenvalue weighted by Crippen LogP contribution is 2.24. The van der Waals surface area contributed by atoms with Gasteiger partial charge in [0.1, 0.15) is 0 Å². The molecule has 1 aromatic heterocycles. The third-order valence-electron chi connectivity index (χ3n) is 6.63. The summed E-state index contributed by atoms with van der Waals surface area (Å²) >= 11 is 0. The maximum absolute atomic E-state index is 12.3. The Morgan fingerprint density at radius 3 is 2.05 bits per heavy atom. The normalized spacial score (nSPS) is 18.3. The van der Waals surface area contributed by atoms with Gasteiger partial charge in [-0.05, 0) is 88.7 Å². The van der Waals surface area contributed by atoms with Gasteiger partial charge in [0.05, 0.1) is 5.56 Å². The average Bonchev–Trinajstić information content (AvgIpc) is 2.94. The summed E-state index contributed by atoms with van der Waals surface area (Å²) in [6, 6.07) is 3.77. The topological polar surface area (TPSA) is 71.1 Å². The van der Waals surface area contributed by atoms with Gasteiger partial charge < -0.3 is 10.6 Å². The van der Waals surface area contributed by atoms with Gasteiger partial charge in [0, 0.05) is 31.4 Å². The number of hydrogen-bond acceptors (Lipinski definition) is 3. The number of amides is 2. The molecule has 0 bridgehead atoms. The number of aromatic nitrogens is 1. The zero-order valence-electron chi connectivity index (χ0n) is 23.2. The number of unbranched alkanes of at least 4 members (excludes halogenated alkanes) is 1. The van der Waals surface area contributed by atoms with Crippen LogP contribution in [0.25, 0.3) is 0 Å². The van der Waals surface area contributed by atoms with E-state index in [0.29, 0.717) is 17.9 Å².